The normalized spacial score (nSPS) is 51.7. The number of amides is 1. The van der Waals surface area contributed by atoms with Crippen molar-refractivity contribution in [3.63, 3.8) is 0 Å². The molecule has 4 fully saturated rings. The highest BCUT2D eigenvalue weighted by atomic mass is 16.3. The maximum atomic E-state index is 11.6. The molecule has 0 aliphatic heterocycles. The van der Waals surface area contributed by atoms with Gasteiger partial charge in [0, 0.05) is 13.0 Å². The zero-order valence-electron chi connectivity index (χ0n) is 17.3. The molecule has 0 saturated heterocycles. The molecule has 3 nitrogen and oxygen atoms in total. The summed E-state index contributed by atoms with van der Waals surface area (Å²) in [6, 6.07) is 0.302. The Morgan fingerprint density at radius 2 is 1.69 bits per heavy atom. The number of carbonyl (C=O) groups is 1. The van der Waals surface area contributed by atoms with Gasteiger partial charge in [-0.05, 0) is 105 Å². The van der Waals surface area contributed by atoms with Crippen LogP contribution in [0, 0.1) is 40.4 Å². The lowest BCUT2D eigenvalue weighted by molar-refractivity contribution is -0.129. The zero-order chi connectivity index (χ0) is 18.7. The summed E-state index contributed by atoms with van der Waals surface area (Å²) in [5, 5.41) is 13.4. The Hall–Kier alpha value is -0.570. The number of aliphatic hydroxyl groups excluding tert-OH is 1. The van der Waals surface area contributed by atoms with Gasteiger partial charge in [0.2, 0.25) is 5.91 Å². The number of carbonyl (C=O) groups excluding carboxylic acids is 1. The Morgan fingerprint density at radius 3 is 2.42 bits per heavy atom. The third-order valence-electron chi connectivity index (χ3n) is 9.75. The van der Waals surface area contributed by atoms with E-state index in [-0.39, 0.29) is 12.0 Å². The molecule has 0 bridgehead atoms. The fourth-order valence-corrected chi connectivity index (χ4v) is 8.52. The van der Waals surface area contributed by atoms with Crippen molar-refractivity contribution in [3.05, 3.63) is 0 Å². The standard InChI is InChI=1S/C23H39NO2/c1-14(24-15(2)25)19-7-8-20-18-6-5-16-13-17(26)9-11-22(16,3)21(18)10-12-23(19,20)4/h14,16-21,26H,5-13H2,1-4H3,(H,24,25). The van der Waals surface area contributed by atoms with Crippen LogP contribution in [0.5, 0.6) is 0 Å². The van der Waals surface area contributed by atoms with Gasteiger partial charge in [-0.3, -0.25) is 4.79 Å². The van der Waals surface area contributed by atoms with Gasteiger partial charge in [0.05, 0.1) is 6.10 Å². The van der Waals surface area contributed by atoms with E-state index in [1.807, 2.05) is 0 Å². The fourth-order valence-electron chi connectivity index (χ4n) is 8.52. The largest absolute Gasteiger partial charge is 0.393 e. The third kappa shape index (κ3) is 2.75. The fraction of sp³-hybridized carbons (Fsp3) is 0.957. The number of nitrogens with one attached hydrogen (secondary N) is 1. The first kappa shape index (κ1) is 18.8. The van der Waals surface area contributed by atoms with Crippen LogP contribution in [0.25, 0.3) is 0 Å². The van der Waals surface area contributed by atoms with Crippen LogP contribution in [0.15, 0.2) is 0 Å². The quantitative estimate of drug-likeness (QED) is 0.759. The molecule has 4 saturated carbocycles. The summed E-state index contributed by atoms with van der Waals surface area (Å²) in [6.45, 7) is 8.99. The highest BCUT2D eigenvalue weighted by Gasteiger charge is 2.60. The molecular weight excluding hydrogens is 322 g/mol. The molecule has 3 heteroatoms. The molecule has 0 aromatic heterocycles. The van der Waals surface area contributed by atoms with Gasteiger partial charge in [-0.2, -0.15) is 0 Å². The average molecular weight is 362 g/mol. The van der Waals surface area contributed by atoms with Crippen molar-refractivity contribution in [1.82, 2.24) is 5.32 Å². The third-order valence-corrected chi connectivity index (χ3v) is 9.75. The van der Waals surface area contributed by atoms with Gasteiger partial charge in [-0.1, -0.05) is 13.8 Å². The number of aliphatic hydroxyl groups is 1. The van der Waals surface area contributed by atoms with Gasteiger partial charge in [-0.15, -0.1) is 0 Å². The molecule has 4 aliphatic carbocycles. The second-order valence-corrected chi connectivity index (χ2v) is 10.8. The predicted octanol–water partition coefficient (Wildman–Crippen LogP) is 4.53. The summed E-state index contributed by atoms with van der Waals surface area (Å²) in [7, 11) is 0. The number of fused-ring (bicyclic) bond motifs is 5. The minimum atomic E-state index is -0.0483. The van der Waals surface area contributed by atoms with Crippen molar-refractivity contribution in [3.8, 4) is 0 Å². The molecule has 0 spiro atoms. The highest BCUT2D eigenvalue weighted by molar-refractivity contribution is 5.73. The van der Waals surface area contributed by atoms with Crippen molar-refractivity contribution >= 4 is 5.91 Å². The second kappa shape index (κ2) is 6.50. The summed E-state index contributed by atoms with van der Waals surface area (Å²) >= 11 is 0. The molecule has 0 heterocycles. The summed E-state index contributed by atoms with van der Waals surface area (Å²) in [5.41, 5.74) is 0.866. The van der Waals surface area contributed by atoms with Crippen LogP contribution in [-0.4, -0.2) is 23.2 Å². The van der Waals surface area contributed by atoms with Crippen molar-refractivity contribution in [2.45, 2.75) is 97.6 Å². The van der Waals surface area contributed by atoms with E-state index >= 15 is 0 Å². The molecule has 0 aromatic rings. The van der Waals surface area contributed by atoms with Gasteiger partial charge < -0.3 is 10.4 Å². The molecule has 0 radical (unpaired) electrons. The molecular formula is C23H39NO2. The van der Waals surface area contributed by atoms with Crippen molar-refractivity contribution < 1.29 is 9.90 Å². The first-order chi connectivity index (χ1) is 12.3. The minimum Gasteiger partial charge on any atom is -0.393 e. The zero-order valence-corrected chi connectivity index (χ0v) is 17.3. The molecule has 4 aliphatic rings. The minimum absolute atomic E-state index is 0.0483. The summed E-state index contributed by atoms with van der Waals surface area (Å²) in [6.07, 6.45) is 11.3. The van der Waals surface area contributed by atoms with Crippen LogP contribution in [0.4, 0.5) is 0 Å². The Bertz CT molecular complexity index is 562. The van der Waals surface area contributed by atoms with Gasteiger partial charge in [-0.25, -0.2) is 0 Å². The predicted molar refractivity (Wildman–Crippen MR) is 105 cm³/mol. The molecule has 2 N–H and O–H groups in total. The summed E-state index contributed by atoms with van der Waals surface area (Å²) in [5.74, 6) is 4.07. The molecule has 0 aromatic carbocycles. The lowest BCUT2D eigenvalue weighted by atomic mass is 9.44. The van der Waals surface area contributed by atoms with Crippen molar-refractivity contribution in [2.24, 2.45) is 40.4 Å². The maximum Gasteiger partial charge on any atom is 0.217 e. The van der Waals surface area contributed by atoms with E-state index in [4.69, 9.17) is 0 Å². The van der Waals surface area contributed by atoms with Crippen LogP contribution in [-0.2, 0) is 4.79 Å². The van der Waals surface area contributed by atoms with E-state index in [2.05, 4.69) is 26.1 Å². The SMILES string of the molecule is CC(=O)NC(C)C1CCC2C3CCC4CC(O)CCC4(C)C3CCC12C. The van der Waals surface area contributed by atoms with Gasteiger partial charge in [0.1, 0.15) is 0 Å². The van der Waals surface area contributed by atoms with E-state index in [9.17, 15) is 9.90 Å². The van der Waals surface area contributed by atoms with E-state index < -0.39 is 0 Å². The Morgan fingerprint density at radius 1 is 1.00 bits per heavy atom. The lowest BCUT2D eigenvalue weighted by Gasteiger charge is -2.61. The topological polar surface area (TPSA) is 49.3 Å². The van der Waals surface area contributed by atoms with E-state index in [0.29, 0.717) is 22.8 Å². The van der Waals surface area contributed by atoms with Gasteiger partial charge in [0.15, 0.2) is 0 Å². The van der Waals surface area contributed by atoms with E-state index in [0.717, 1.165) is 36.5 Å². The Balaban J connectivity index is 1.55. The van der Waals surface area contributed by atoms with Crippen LogP contribution >= 0.6 is 0 Å². The summed E-state index contributed by atoms with van der Waals surface area (Å²) in [4.78, 5) is 11.6. The maximum absolute atomic E-state index is 11.6. The van der Waals surface area contributed by atoms with E-state index in [1.54, 1.807) is 6.92 Å². The van der Waals surface area contributed by atoms with Crippen LogP contribution < -0.4 is 5.32 Å². The molecule has 1 amide bonds. The molecule has 9 atom stereocenters. The second-order valence-electron chi connectivity index (χ2n) is 10.8. The molecule has 4 rings (SSSR count). The lowest BCUT2D eigenvalue weighted by Crippen LogP contribution is -2.55. The smallest absolute Gasteiger partial charge is 0.217 e. The van der Waals surface area contributed by atoms with Crippen molar-refractivity contribution in [1.29, 1.82) is 0 Å². The number of rotatable bonds is 2. The van der Waals surface area contributed by atoms with Crippen LogP contribution in [0.3, 0.4) is 0 Å². The summed E-state index contributed by atoms with van der Waals surface area (Å²) < 4.78 is 0. The van der Waals surface area contributed by atoms with Crippen LogP contribution in [0.2, 0.25) is 0 Å². The average Bonchev–Trinajstić information content (AvgIpc) is 2.92. The first-order valence-corrected chi connectivity index (χ1v) is 11.2. The number of hydrogen-bond acceptors (Lipinski definition) is 2. The van der Waals surface area contributed by atoms with E-state index in [1.165, 1.54) is 44.9 Å². The Kier molecular flexibility index (Phi) is 4.69. The monoisotopic (exact) mass is 361 g/mol. The number of hydrogen-bond donors (Lipinski definition) is 2. The highest BCUT2D eigenvalue weighted by Crippen LogP contribution is 2.67. The molecule has 148 valence electrons. The Labute approximate surface area is 159 Å². The molecule has 26 heavy (non-hydrogen) atoms. The molecule has 9 unspecified atom stereocenters. The van der Waals surface area contributed by atoms with Gasteiger partial charge >= 0.3 is 0 Å². The first-order valence-electron chi connectivity index (χ1n) is 11.2. The van der Waals surface area contributed by atoms with Crippen LogP contribution in [0.1, 0.15) is 85.5 Å². The van der Waals surface area contributed by atoms with Gasteiger partial charge in [0.25, 0.3) is 0 Å². The van der Waals surface area contributed by atoms with Crippen molar-refractivity contribution in [2.75, 3.05) is 0 Å².